The van der Waals surface area contributed by atoms with Gasteiger partial charge in [0.15, 0.2) is 0 Å². The average Bonchev–Trinajstić information content (AvgIpc) is 3.60. The Labute approximate surface area is 223 Å². The number of nitrogens with two attached hydrogens (primary N) is 2. The molecule has 2 bridgehead atoms. The molecule has 2 fully saturated rings. The second-order valence-electron chi connectivity index (χ2n) is 11.8. The topological polar surface area (TPSA) is 142 Å². The summed E-state index contributed by atoms with van der Waals surface area (Å²) in [6.45, 7) is 5.71. The third-order valence-corrected chi connectivity index (χ3v) is 8.15. The van der Waals surface area contributed by atoms with Gasteiger partial charge in [0.25, 0.3) is 5.91 Å². The zero-order valence-corrected chi connectivity index (χ0v) is 22.0. The summed E-state index contributed by atoms with van der Waals surface area (Å²) in [5.74, 6) is -0.776. The van der Waals surface area contributed by atoms with Gasteiger partial charge in [-0.3, -0.25) is 14.9 Å². The number of primary amides is 1. The molecule has 3 aromatic rings. The van der Waals surface area contributed by atoms with Crippen LogP contribution in [0.5, 0.6) is 0 Å². The summed E-state index contributed by atoms with van der Waals surface area (Å²) >= 11 is 0. The Morgan fingerprint density at radius 3 is 2.28 bits per heavy atom. The van der Waals surface area contributed by atoms with E-state index in [0.29, 0.717) is 35.4 Å². The largest absolute Gasteiger partial charge is 0.394 e. The number of rotatable bonds is 6. The number of nitrogen functional groups attached to an aromatic ring is 1. The van der Waals surface area contributed by atoms with E-state index in [1.165, 1.54) is 0 Å². The molecule has 1 aromatic carbocycles. The Balaban J connectivity index is 1.26. The van der Waals surface area contributed by atoms with Gasteiger partial charge in [0.05, 0.1) is 23.1 Å². The van der Waals surface area contributed by atoms with Crippen molar-refractivity contribution in [2.45, 2.75) is 76.4 Å². The number of carbonyl (C=O) groups excluding carboxylic acids is 2. The minimum Gasteiger partial charge on any atom is -0.383 e. The Hall–Kier alpha value is -3.83. The van der Waals surface area contributed by atoms with Gasteiger partial charge in [-0.25, -0.2) is 4.68 Å². The van der Waals surface area contributed by atoms with Gasteiger partial charge in [-0.05, 0) is 58.4 Å². The molecule has 2 heterocycles. The summed E-state index contributed by atoms with van der Waals surface area (Å²) in [5.41, 5.74) is 11.2. The molecular formula is C27H31F3N6O3. The van der Waals surface area contributed by atoms with Gasteiger partial charge < -0.3 is 16.0 Å². The van der Waals surface area contributed by atoms with Crippen LogP contribution < -0.4 is 16.8 Å². The van der Waals surface area contributed by atoms with Crippen LogP contribution in [-0.4, -0.2) is 32.9 Å². The van der Waals surface area contributed by atoms with Crippen LogP contribution in [0.1, 0.15) is 74.5 Å². The Morgan fingerprint density at radius 1 is 1.10 bits per heavy atom. The molecule has 0 radical (unpaired) electrons. The maximum Gasteiger partial charge on any atom is 0.394 e. The molecule has 2 amide bonds. The van der Waals surface area contributed by atoms with Crippen LogP contribution >= 0.6 is 0 Å². The number of fused-ring (bicyclic) bond motifs is 2. The molecule has 9 nitrogen and oxygen atoms in total. The Bertz CT molecular complexity index is 1420. The normalized spacial score (nSPS) is 22.8. The first-order chi connectivity index (χ1) is 18.1. The molecule has 5 rings (SSSR count). The van der Waals surface area contributed by atoms with Gasteiger partial charge in [0.2, 0.25) is 11.8 Å². The molecule has 208 valence electrons. The van der Waals surface area contributed by atoms with Crippen LogP contribution in [0.2, 0.25) is 0 Å². The molecule has 0 atom stereocenters. The number of anilines is 2. The van der Waals surface area contributed by atoms with Crippen molar-refractivity contribution >= 4 is 23.5 Å². The number of aromatic nitrogens is 3. The number of nitrogens with one attached hydrogen (secondary N) is 1. The number of nitrogens with zero attached hydrogens (tertiary/aromatic N) is 3. The minimum absolute atomic E-state index is 0.00682. The van der Waals surface area contributed by atoms with E-state index in [0.717, 1.165) is 0 Å². The Morgan fingerprint density at radius 2 is 1.74 bits per heavy atom. The highest BCUT2D eigenvalue weighted by molar-refractivity contribution is 6.03. The van der Waals surface area contributed by atoms with Crippen LogP contribution in [0.4, 0.5) is 24.9 Å². The third-order valence-electron chi connectivity index (χ3n) is 8.15. The van der Waals surface area contributed by atoms with Crippen molar-refractivity contribution in [3.8, 4) is 11.3 Å². The number of hydrogen-bond acceptors (Lipinski definition) is 6. The van der Waals surface area contributed by atoms with Crippen molar-refractivity contribution in [1.29, 1.82) is 0 Å². The second-order valence-corrected chi connectivity index (χ2v) is 11.8. The summed E-state index contributed by atoms with van der Waals surface area (Å²) in [5, 5.41) is 11.2. The number of amides is 2. The SMILES string of the molecule is CC(C)(C)n1nc(-c2ccc(CC(=O)Nc3cc(C45CCC(C(F)(F)F)(CC4)C5)no3)cc2)c(C(N)=O)c1N. The first-order valence-electron chi connectivity index (χ1n) is 12.8. The highest BCUT2D eigenvalue weighted by Gasteiger charge is 2.67. The van der Waals surface area contributed by atoms with Crippen molar-refractivity contribution in [3.63, 3.8) is 0 Å². The smallest absolute Gasteiger partial charge is 0.383 e. The standard InChI is InChI=1S/C27H31F3N6O3/c1-24(2,3)36-22(31)20(23(32)38)21(34-36)16-6-4-15(5-7-16)12-18(37)33-19-13-17(35-39-19)25-8-10-26(14-25,11-9-25)27(28,29)30/h4-7,13H,8-12,14,31H2,1-3H3,(H2,32,38)(H,33,37). The molecule has 2 aliphatic rings. The molecule has 0 unspecified atom stereocenters. The van der Waals surface area contributed by atoms with Crippen molar-refractivity contribution in [1.82, 2.24) is 14.9 Å². The van der Waals surface area contributed by atoms with Crippen LogP contribution in [-0.2, 0) is 22.2 Å². The zero-order chi connectivity index (χ0) is 28.4. The van der Waals surface area contributed by atoms with E-state index in [1.807, 2.05) is 20.8 Å². The first-order valence-corrected chi connectivity index (χ1v) is 12.8. The lowest BCUT2D eigenvalue weighted by molar-refractivity contribution is -0.220. The van der Waals surface area contributed by atoms with Crippen LogP contribution in [0, 0.1) is 5.41 Å². The monoisotopic (exact) mass is 544 g/mol. The van der Waals surface area contributed by atoms with Crippen LogP contribution in [0.3, 0.4) is 0 Å². The molecule has 0 aliphatic heterocycles. The first kappa shape index (κ1) is 26.8. The molecule has 0 saturated heterocycles. The highest BCUT2D eigenvalue weighted by Crippen LogP contribution is 2.67. The molecule has 39 heavy (non-hydrogen) atoms. The van der Waals surface area contributed by atoms with Gasteiger partial charge in [-0.1, -0.05) is 29.4 Å². The van der Waals surface area contributed by atoms with Gasteiger partial charge in [0.1, 0.15) is 17.1 Å². The average molecular weight is 545 g/mol. The summed E-state index contributed by atoms with van der Waals surface area (Å²) in [6, 6.07) is 8.44. The fraction of sp³-hybridized carbons (Fsp3) is 0.481. The van der Waals surface area contributed by atoms with E-state index in [1.54, 1.807) is 35.0 Å². The van der Waals surface area contributed by atoms with E-state index in [9.17, 15) is 22.8 Å². The van der Waals surface area contributed by atoms with E-state index in [4.69, 9.17) is 16.0 Å². The van der Waals surface area contributed by atoms with Gasteiger partial charge in [-0.2, -0.15) is 18.3 Å². The third kappa shape index (κ3) is 4.55. The zero-order valence-electron chi connectivity index (χ0n) is 22.0. The van der Waals surface area contributed by atoms with Crippen LogP contribution in [0.25, 0.3) is 11.3 Å². The van der Waals surface area contributed by atoms with Crippen molar-refractivity contribution in [3.05, 3.63) is 47.2 Å². The molecule has 0 spiro atoms. The van der Waals surface area contributed by atoms with E-state index < -0.39 is 28.5 Å². The fourth-order valence-electron chi connectivity index (χ4n) is 6.06. The van der Waals surface area contributed by atoms with E-state index >= 15 is 0 Å². The summed E-state index contributed by atoms with van der Waals surface area (Å²) in [4.78, 5) is 24.8. The predicted octanol–water partition coefficient (Wildman–Crippen LogP) is 4.92. The second kappa shape index (κ2) is 8.85. The van der Waals surface area contributed by atoms with E-state index in [-0.39, 0.29) is 48.9 Å². The molecule has 5 N–H and O–H groups in total. The molecular weight excluding hydrogens is 513 g/mol. The maximum absolute atomic E-state index is 13.6. The lowest BCUT2D eigenvalue weighted by Crippen LogP contribution is -2.33. The number of hydrogen-bond donors (Lipinski definition) is 3. The fourth-order valence-corrected chi connectivity index (χ4v) is 6.06. The summed E-state index contributed by atoms with van der Waals surface area (Å²) in [7, 11) is 0. The maximum atomic E-state index is 13.6. The molecule has 2 saturated carbocycles. The quantitative estimate of drug-likeness (QED) is 0.402. The molecule has 12 heteroatoms. The summed E-state index contributed by atoms with van der Waals surface area (Å²) < 4.78 is 47.7. The molecule has 2 aromatic heterocycles. The highest BCUT2D eigenvalue weighted by atomic mass is 19.4. The number of carbonyl (C=O) groups is 2. The Kier molecular flexibility index (Phi) is 6.07. The molecule has 2 aliphatic carbocycles. The van der Waals surface area contributed by atoms with Crippen LogP contribution in [0.15, 0.2) is 34.9 Å². The van der Waals surface area contributed by atoms with Crippen molar-refractivity contribution < 1.29 is 27.3 Å². The lowest BCUT2D eigenvalue weighted by atomic mass is 9.80. The number of benzene rings is 1. The number of halogens is 3. The predicted molar refractivity (Wildman–Crippen MR) is 138 cm³/mol. The van der Waals surface area contributed by atoms with Gasteiger partial charge >= 0.3 is 6.18 Å². The van der Waals surface area contributed by atoms with Crippen molar-refractivity contribution in [2.24, 2.45) is 11.1 Å². The van der Waals surface area contributed by atoms with Crippen molar-refractivity contribution in [2.75, 3.05) is 11.1 Å². The summed E-state index contributed by atoms with van der Waals surface area (Å²) in [6.07, 6.45) is -3.24. The minimum atomic E-state index is -4.23. The van der Waals surface area contributed by atoms with Gasteiger partial charge in [-0.15, -0.1) is 0 Å². The number of alkyl halides is 3. The van der Waals surface area contributed by atoms with E-state index in [2.05, 4.69) is 15.6 Å². The lowest BCUT2D eigenvalue weighted by Gasteiger charge is -2.29. The van der Waals surface area contributed by atoms with Gasteiger partial charge in [0, 0.05) is 17.0 Å².